The van der Waals surface area contributed by atoms with Gasteiger partial charge in [-0.2, -0.15) is 0 Å². The standard InChI is InChI=1S/C16H17NO2/c1-3-11-4-5-13(10-15(11)16(18)19-2)12-6-8-14(17)9-7-12/h3,5-10H,4,17H2,1-2H3/b11-3-. The van der Waals surface area contributed by atoms with Crippen LogP contribution in [0.5, 0.6) is 0 Å². The third-order valence-electron chi connectivity index (χ3n) is 3.19. The molecule has 3 heteroatoms. The number of nitrogen functional groups attached to an aromatic ring is 1. The van der Waals surface area contributed by atoms with Gasteiger partial charge in [-0.25, -0.2) is 4.79 Å². The molecule has 1 aromatic carbocycles. The van der Waals surface area contributed by atoms with Gasteiger partial charge in [0.25, 0.3) is 0 Å². The molecule has 1 aliphatic carbocycles. The highest BCUT2D eigenvalue weighted by Crippen LogP contribution is 2.29. The maximum atomic E-state index is 11.8. The van der Waals surface area contributed by atoms with Crippen LogP contribution in [0.15, 0.2) is 53.6 Å². The Morgan fingerprint density at radius 3 is 2.58 bits per heavy atom. The van der Waals surface area contributed by atoms with Crippen LogP contribution in [0.2, 0.25) is 0 Å². The molecular weight excluding hydrogens is 238 g/mol. The van der Waals surface area contributed by atoms with Crippen LogP contribution in [0.4, 0.5) is 5.69 Å². The van der Waals surface area contributed by atoms with E-state index in [4.69, 9.17) is 10.5 Å². The molecule has 0 radical (unpaired) electrons. The van der Waals surface area contributed by atoms with Crippen LogP contribution in [0, 0.1) is 0 Å². The van der Waals surface area contributed by atoms with Gasteiger partial charge in [0.15, 0.2) is 0 Å². The molecule has 0 aromatic heterocycles. The van der Waals surface area contributed by atoms with Crippen molar-refractivity contribution in [2.75, 3.05) is 12.8 Å². The number of hydrogen-bond acceptors (Lipinski definition) is 3. The van der Waals surface area contributed by atoms with Crippen molar-refractivity contribution >= 4 is 17.2 Å². The second-order valence-corrected chi connectivity index (χ2v) is 4.35. The lowest BCUT2D eigenvalue weighted by Crippen LogP contribution is -2.09. The van der Waals surface area contributed by atoms with Gasteiger partial charge in [0.2, 0.25) is 0 Å². The summed E-state index contributed by atoms with van der Waals surface area (Å²) in [5, 5.41) is 0. The van der Waals surface area contributed by atoms with Crippen LogP contribution in [0.25, 0.3) is 5.57 Å². The summed E-state index contributed by atoms with van der Waals surface area (Å²) in [7, 11) is 1.40. The van der Waals surface area contributed by atoms with E-state index in [1.165, 1.54) is 7.11 Å². The Labute approximate surface area is 113 Å². The number of nitrogens with two attached hydrogens (primary N) is 1. The Hall–Kier alpha value is -2.29. The van der Waals surface area contributed by atoms with E-state index in [1.807, 2.05) is 43.3 Å². The molecule has 0 atom stereocenters. The predicted molar refractivity (Wildman–Crippen MR) is 77.3 cm³/mol. The van der Waals surface area contributed by atoms with E-state index in [0.717, 1.165) is 28.8 Å². The minimum Gasteiger partial charge on any atom is -0.465 e. The highest BCUT2D eigenvalue weighted by molar-refractivity contribution is 5.98. The second-order valence-electron chi connectivity index (χ2n) is 4.35. The van der Waals surface area contributed by atoms with Crippen molar-refractivity contribution in [2.24, 2.45) is 0 Å². The van der Waals surface area contributed by atoms with Crippen LogP contribution in [-0.4, -0.2) is 13.1 Å². The summed E-state index contributed by atoms with van der Waals surface area (Å²) in [6.45, 7) is 1.92. The summed E-state index contributed by atoms with van der Waals surface area (Å²) in [6.07, 6.45) is 6.65. The normalized spacial score (nSPS) is 16.8. The Morgan fingerprint density at radius 1 is 1.32 bits per heavy atom. The minimum absolute atomic E-state index is 0.297. The lowest BCUT2D eigenvalue weighted by atomic mass is 9.90. The zero-order chi connectivity index (χ0) is 13.8. The first-order chi connectivity index (χ1) is 9.15. The molecule has 2 rings (SSSR count). The van der Waals surface area contributed by atoms with Crippen molar-refractivity contribution in [3.63, 3.8) is 0 Å². The molecule has 1 aromatic rings. The number of allylic oxidation sites excluding steroid dienone is 4. The molecular formula is C16H17NO2. The number of ether oxygens (including phenoxy) is 1. The highest BCUT2D eigenvalue weighted by Gasteiger charge is 2.18. The van der Waals surface area contributed by atoms with Crippen molar-refractivity contribution in [3.05, 3.63) is 59.2 Å². The highest BCUT2D eigenvalue weighted by atomic mass is 16.5. The molecule has 0 bridgehead atoms. The van der Waals surface area contributed by atoms with E-state index >= 15 is 0 Å². The van der Waals surface area contributed by atoms with Gasteiger partial charge in [-0.1, -0.05) is 24.3 Å². The Morgan fingerprint density at radius 2 is 2.00 bits per heavy atom. The van der Waals surface area contributed by atoms with Gasteiger partial charge in [-0.05, 0) is 48.3 Å². The van der Waals surface area contributed by atoms with Gasteiger partial charge in [0.1, 0.15) is 0 Å². The SMILES string of the molecule is C/C=C1/CC=C(c2ccc(N)cc2)C=C1C(=O)OC. The summed E-state index contributed by atoms with van der Waals surface area (Å²) in [4.78, 5) is 11.8. The number of hydrogen-bond donors (Lipinski definition) is 1. The van der Waals surface area contributed by atoms with Crippen molar-refractivity contribution in [3.8, 4) is 0 Å². The topological polar surface area (TPSA) is 52.3 Å². The predicted octanol–water partition coefficient (Wildman–Crippen LogP) is 3.10. The van der Waals surface area contributed by atoms with Gasteiger partial charge in [-0.3, -0.25) is 0 Å². The first-order valence-electron chi connectivity index (χ1n) is 6.17. The molecule has 0 fully saturated rings. The van der Waals surface area contributed by atoms with Crippen LogP contribution in [-0.2, 0) is 9.53 Å². The number of methoxy groups -OCH3 is 1. The maximum Gasteiger partial charge on any atom is 0.338 e. The van der Waals surface area contributed by atoms with Gasteiger partial charge >= 0.3 is 5.97 Å². The number of anilines is 1. The number of benzene rings is 1. The van der Waals surface area contributed by atoms with E-state index in [-0.39, 0.29) is 5.97 Å². The van der Waals surface area contributed by atoms with Crippen molar-refractivity contribution in [1.29, 1.82) is 0 Å². The minimum atomic E-state index is -0.297. The fourth-order valence-corrected chi connectivity index (χ4v) is 2.09. The molecule has 1 aliphatic rings. The fourth-order valence-electron chi connectivity index (χ4n) is 2.09. The van der Waals surface area contributed by atoms with Crippen LogP contribution in [0.1, 0.15) is 18.9 Å². The molecule has 0 spiro atoms. The smallest absolute Gasteiger partial charge is 0.338 e. The molecule has 0 saturated heterocycles. The largest absolute Gasteiger partial charge is 0.465 e. The lowest BCUT2D eigenvalue weighted by molar-refractivity contribution is -0.135. The molecule has 3 nitrogen and oxygen atoms in total. The number of esters is 1. The van der Waals surface area contributed by atoms with Crippen LogP contribution >= 0.6 is 0 Å². The molecule has 0 unspecified atom stereocenters. The van der Waals surface area contributed by atoms with Gasteiger partial charge in [0, 0.05) is 5.69 Å². The van der Waals surface area contributed by atoms with Crippen LogP contribution < -0.4 is 5.73 Å². The Balaban J connectivity index is 2.39. The Bertz CT molecular complexity index is 577. The molecule has 98 valence electrons. The third-order valence-corrected chi connectivity index (χ3v) is 3.19. The van der Waals surface area contributed by atoms with Crippen molar-refractivity contribution < 1.29 is 9.53 Å². The Kier molecular flexibility index (Phi) is 3.85. The first kappa shape index (κ1) is 13.1. The monoisotopic (exact) mass is 255 g/mol. The third kappa shape index (κ3) is 2.76. The van der Waals surface area contributed by atoms with E-state index < -0.39 is 0 Å². The lowest BCUT2D eigenvalue weighted by Gasteiger charge is -2.16. The van der Waals surface area contributed by atoms with E-state index in [2.05, 4.69) is 6.08 Å². The maximum absolute atomic E-state index is 11.8. The zero-order valence-electron chi connectivity index (χ0n) is 11.1. The van der Waals surface area contributed by atoms with Gasteiger partial charge in [0.05, 0.1) is 12.7 Å². The second kappa shape index (κ2) is 5.57. The summed E-state index contributed by atoms with van der Waals surface area (Å²) >= 11 is 0. The van der Waals surface area contributed by atoms with Gasteiger partial charge in [-0.15, -0.1) is 0 Å². The first-order valence-corrected chi connectivity index (χ1v) is 6.17. The van der Waals surface area contributed by atoms with Crippen molar-refractivity contribution in [1.82, 2.24) is 0 Å². The summed E-state index contributed by atoms with van der Waals surface area (Å²) in [5.74, 6) is -0.297. The average molecular weight is 255 g/mol. The summed E-state index contributed by atoms with van der Waals surface area (Å²) < 4.78 is 4.83. The zero-order valence-corrected chi connectivity index (χ0v) is 11.1. The average Bonchev–Trinajstić information content (AvgIpc) is 2.46. The van der Waals surface area contributed by atoms with Gasteiger partial charge < -0.3 is 10.5 Å². The molecule has 0 heterocycles. The fraction of sp³-hybridized carbons (Fsp3) is 0.188. The molecule has 0 amide bonds. The molecule has 2 N–H and O–H groups in total. The number of carbonyl (C=O) groups is 1. The molecule has 0 aliphatic heterocycles. The molecule has 19 heavy (non-hydrogen) atoms. The number of rotatable bonds is 2. The summed E-state index contributed by atoms with van der Waals surface area (Å²) in [6, 6.07) is 7.61. The summed E-state index contributed by atoms with van der Waals surface area (Å²) in [5.41, 5.74) is 10.1. The number of carbonyl (C=O) groups excluding carboxylic acids is 1. The van der Waals surface area contributed by atoms with E-state index in [1.54, 1.807) is 0 Å². The van der Waals surface area contributed by atoms with Crippen LogP contribution in [0.3, 0.4) is 0 Å². The quantitative estimate of drug-likeness (QED) is 0.652. The van der Waals surface area contributed by atoms with E-state index in [9.17, 15) is 4.79 Å². The molecule has 0 saturated carbocycles. The van der Waals surface area contributed by atoms with Crippen molar-refractivity contribution in [2.45, 2.75) is 13.3 Å². The van der Waals surface area contributed by atoms with E-state index in [0.29, 0.717) is 5.57 Å².